The third kappa shape index (κ3) is 7.32. The smallest absolute Gasteiger partial charge is 0.489 e. The van der Waals surface area contributed by atoms with E-state index in [0.717, 1.165) is 0 Å². The number of carbonyl (C=O) groups is 1. The second-order valence-corrected chi connectivity index (χ2v) is 8.70. The van der Waals surface area contributed by atoms with Gasteiger partial charge in [-0.25, -0.2) is 14.8 Å². The van der Waals surface area contributed by atoms with Crippen LogP contribution in [0, 0.1) is 13.8 Å². The number of ether oxygens (including phenoxy) is 4. The lowest BCUT2D eigenvalue weighted by atomic mass is 10.1. The highest BCUT2D eigenvalue weighted by Crippen LogP contribution is 2.29. The lowest BCUT2D eigenvalue weighted by Gasteiger charge is -2.23. The zero-order valence-corrected chi connectivity index (χ0v) is 21.0. The molecule has 0 fully saturated rings. The highest BCUT2D eigenvalue weighted by atomic mass is 19.4. The number of hydrogen-bond acceptors (Lipinski definition) is 7. The van der Waals surface area contributed by atoms with Crippen LogP contribution in [0.5, 0.6) is 17.2 Å². The first-order valence-corrected chi connectivity index (χ1v) is 11.2. The summed E-state index contributed by atoms with van der Waals surface area (Å²) in [5, 5.41) is 9.28. The summed E-state index contributed by atoms with van der Waals surface area (Å²) in [6, 6.07) is 10.3. The van der Waals surface area contributed by atoms with E-state index in [-0.39, 0.29) is 19.0 Å². The molecule has 37 heavy (non-hydrogen) atoms. The Morgan fingerprint density at radius 2 is 1.59 bits per heavy atom. The van der Waals surface area contributed by atoms with Gasteiger partial charge in [0.05, 0.1) is 12.3 Å². The molecule has 0 unspecified atom stereocenters. The molecule has 1 N–H and O–H groups in total. The molecular weight excluding hydrogens is 493 g/mol. The third-order valence-corrected chi connectivity index (χ3v) is 5.34. The number of halogens is 3. The van der Waals surface area contributed by atoms with Gasteiger partial charge in [0.15, 0.2) is 11.4 Å². The largest absolute Gasteiger partial charge is 0.573 e. The molecule has 198 valence electrons. The van der Waals surface area contributed by atoms with Gasteiger partial charge < -0.3 is 24.1 Å². The molecule has 3 aromatic rings. The molecule has 11 heteroatoms. The molecule has 8 nitrogen and oxygen atoms in total. The fourth-order valence-corrected chi connectivity index (χ4v) is 3.33. The summed E-state index contributed by atoms with van der Waals surface area (Å²) in [6.07, 6.45) is -4.77. The number of aliphatic carboxylic acids is 1. The van der Waals surface area contributed by atoms with Crippen LogP contribution in [-0.4, -0.2) is 40.1 Å². The summed E-state index contributed by atoms with van der Waals surface area (Å²) in [7, 11) is 1.52. The zero-order chi connectivity index (χ0) is 27.4. The molecule has 0 spiro atoms. The Morgan fingerprint density at radius 1 is 0.946 bits per heavy atom. The first-order chi connectivity index (χ1) is 17.3. The molecule has 0 bridgehead atoms. The summed E-state index contributed by atoms with van der Waals surface area (Å²) in [6.45, 7) is 6.79. The Bertz CT molecular complexity index is 1260. The third-order valence-electron chi connectivity index (χ3n) is 5.34. The summed E-state index contributed by atoms with van der Waals surface area (Å²) < 4.78 is 58.1. The van der Waals surface area contributed by atoms with Crippen LogP contribution in [0.2, 0.25) is 0 Å². The molecule has 1 heterocycles. The molecule has 0 saturated carbocycles. The van der Waals surface area contributed by atoms with Crippen molar-refractivity contribution in [2.75, 3.05) is 7.11 Å². The Labute approximate surface area is 212 Å². The average Bonchev–Trinajstić information content (AvgIpc) is 2.79. The topological polar surface area (TPSA) is 100 Å². The number of carboxylic acids is 1. The Morgan fingerprint density at radius 3 is 2.16 bits per heavy atom. The molecule has 2 aromatic carbocycles. The number of alkyl halides is 3. The van der Waals surface area contributed by atoms with Crippen molar-refractivity contribution in [2.24, 2.45) is 0 Å². The van der Waals surface area contributed by atoms with E-state index in [1.165, 1.54) is 45.2 Å². The van der Waals surface area contributed by atoms with Gasteiger partial charge in [-0.1, -0.05) is 0 Å². The number of hydrogen-bond donors (Lipinski definition) is 1. The minimum atomic E-state index is -4.77. The number of aromatic nitrogens is 2. The zero-order valence-electron chi connectivity index (χ0n) is 21.0. The van der Waals surface area contributed by atoms with Crippen molar-refractivity contribution in [1.29, 1.82) is 0 Å². The predicted octanol–water partition coefficient (Wildman–Crippen LogP) is 5.63. The maximum Gasteiger partial charge on any atom is 0.573 e. The van der Waals surface area contributed by atoms with Crippen molar-refractivity contribution in [3.63, 3.8) is 0 Å². The van der Waals surface area contributed by atoms with Crippen molar-refractivity contribution in [3.8, 4) is 28.6 Å². The molecule has 1 aromatic heterocycles. The van der Waals surface area contributed by atoms with E-state index in [2.05, 4.69) is 14.7 Å². The number of methoxy groups -OCH3 is 1. The second-order valence-electron chi connectivity index (χ2n) is 8.70. The van der Waals surface area contributed by atoms with E-state index >= 15 is 0 Å². The van der Waals surface area contributed by atoms with Gasteiger partial charge in [0.1, 0.15) is 23.9 Å². The minimum Gasteiger partial charge on any atom is -0.489 e. The molecule has 3 rings (SSSR count). The van der Waals surface area contributed by atoms with Crippen molar-refractivity contribution < 1.29 is 42.0 Å². The van der Waals surface area contributed by atoms with E-state index < -0.39 is 17.9 Å². The molecule has 0 aliphatic carbocycles. The van der Waals surface area contributed by atoms with E-state index in [4.69, 9.17) is 14.2 Å². The van der Waals surface area contributed by atoms with Crippen molar-refractivity contribution in [2.45, 2.75) is 52.9 Å². The SMILES string of the molecule is COCc1nc(-c2ccc(OC(F)(F)F)cc2)nc(C)c1COc1ccc(OC(C)(C)C(=O)O)c(C)c1. The number of aryl methyl sites for hydroxylation is 2. The molecule has 0 aliphatic rings. The van der Waals surface area contributed by atoms with Crippen molar-refractivity contribution >= 4 is 5.97 Å². The van der Waals surface area contributed by atoms with Crippen LogP contribution in [0.1, 0.15) is 36.4 Å². The van der Waals surface area contributed by atoms with Gasteiger partial charge in [-0.3, -0.25) is 0 Å². The maximum absolute atomic E-state index is 12.4. The number of carboxylic acid groups (broad SMARTS) is 1. The van der Waals surface area contributed by atoms with Crippen LogP contribution in [0.15, 0.2) is 42.5 Å². The first-order valence-electron chi connectivity index (χ1n) is 11.2. The molecule has 0 saturated heterocycles. The van der Waals surface area contributed by atoms with E-state index in [9.17, 15) is 23.1 Å². The summed E-state index contributed by atoms with van der Waals surface area (Å²) in [5.74, 6) is -0.138. The fourth-order valence-electron chi connectivity index (χ4n) is 3.33. The second kappa shape index (κ2) is 11.0. The van der Waals surface area contributed by atoms with Gasteiger partial charge in [0.25, 0.3) is 0 Å². The Hall–Kier alpha value is -3.86. The van der Waals surface area contributed by atoms with Gasteiger partial charge in [-0.2, -0.15) is 0 Å². The molecule has 0 aliphatic heterocycles. The number of rotatable bonds is 10. The van der Waals surface area contributed by atoms with Gasteiger partial charge >= 0.3 is 12.3 Å². The Kier molecular flexibility index (Phi) is 8.27. The standard InChI is InChI=1S/C26H27F3N2O6/c1-15-12-19(10-11-22(15)37-25(3,4)24(32)33)35-13-20-16(2)30-23(31-21(20)14-34-5)17-6-8-18(9-7-17)36-26(27,28)29/h6-12H,13-14H2,1-5H3,(H,32,33). The van der Waals surface area contributed by atoms with Crippen molar-refractivity contribution in [3.05, 3.63) is 65.0 Å². The first kappa shape index (κ1) is 27.7. The van der Waals surface area contributed by atoms with Crippen molar-refractivity contribution in [1.82, 2.24) is 9.97 Å². The summed E-state index contributed by atoms with van der Waals surface area (Å²) >= 11 is 0. The summed E-state index contributed by atoms with van der Waals surface area (Å²) in [5.41, 5.74) is 1.72. The quantitative estimate of drug-likeness (QED) is 0.367. The van der Waals surface area contributed by atoms with E-state index in [0.29, 0.717) is 45.4 Å². The van der Waals surface area contributed by atoms with Gasteiger partial charge in [-0.05, 0) is 75.7 Å². The normalized spacial score (nSPS) is 11.8. The van der Waals surface area contributed by atoms with Gasteiger partial charge in [-0.15, -0.1) is 13.2 Å². The highest BCUT2D eigenvalue weighted by molar-refractivity contribution is 5.76. The van der Waals surface area contributed by atoms with E-state index in [1.807, 2.05) is 0 Å². The maximum atomic E-state index is 12.4. The fraction of sp³-hybridized carbons (Fsp3) is 0.346. The molecule has 0 radical (unpaired) electrons. The lowest BCUT2D eigenvalue weighted by Crippen LogP contribution is -2.38. The van der Waals surface area contributed by atoms with E-state index in [1.54, 1.807) is 32.0 Å². The minimum absolute atomic E-state index is 0.128. The molecular formula is C26H27F3N2O6. The van der Waals surface area contributed by atoms with Gasteiger partial charge in [0, 0.05) is 23.9 Å². The number of benzene rings is 2. The lowest BCUT2D eigenvalue weighted by molar-refractivity contribution is -0.274. The van der Waals surface area contributed by atoms with Crippen LogP contribution in [0.25, 0.3) is 11.4 Å². The van der Waals surface area contributed by atoms with Crippen LogP contribution < -0.4 is 14.2 Å². The number of nitrogens with zero attached hydrogens (tertiary/aromatic N) is 2. The van der Waals surface area contributed by atoms with Gasteiger partial charge in [0.2, 0.25) is 0 Å². The predicted molar refractivity (Wildman–Crippen MR) is 127 cm³/mol. The van der Waals surface area contributed by atoms with Crippen LogP contribution in [0.3, 0.4) is 0 Å². The average molecular weight is 521 g/mol. The van der Waals surface area contributed by atoms with Crippen LogP contribution in [0.4, 0.5) is 13.2 Å². The van der Waals surface area contributed by atoms with Crippen LogP contribution in [-0.2, 0) is 22.7 Å². The highest BCUT2D eigenvalue weighted by Gasteiger charge is 2.31. The monoisotopic (exact) mass is 520 g/mol. The molecule has 0 amide bonds. The Balaban J connectivity index is 1.79. The molecule has 0 atom stereocenters. The summed E-state index contributed by atoms with van der Waals surface area (Å²) in [4.78, 5) is 20.4. The van der Waals surface area contributed by atoms with Crippen LogP contribution >= 0.6 is 0 Å².